The Bertz CT molecular complexity index is 721. The molecule has 5 nitrogen and oxygen atoms in total. The molecule has 5 heteroatoms. The number of carbonyl (C=O) groups is 3. The number of ether oxygens (including phenoxy) is 1. The Morgan fingerprint density at radius 2 is 1.71 bits per heavy atom. The van der Waals surface area contributed by atoms with Gasteiger partial charge in [0.15, 0.2) is 0 Å². The first-order valence-corrected chi connectivity index (χ1v) is 8.34. The summed E-state index contributed by atoms with van der Waals surface area (Å²) in [4.78, 5) is 38.1. The molecule has 24 heavy (non-hydrogen) atoms. The van der Waals surface area contributed by atoms with E-state index >= 15 is 0 Å². The highest BCUT2D eigenvalue weighted by atomic mass is 16.5. The first-order chi connectivity index (χ1) is 11.2. The number of hydrogen-bond donors (Lipinski definition) is 1. The van der Waals surface area contributed by atoms with Gasteiger partial charge in [0.05, 0.1) is 6.61 Å². The molecule has 0 aliphatic heterocycles. The summed E-state index contributed by atoms with van der Waals surface area (Å²) in [7, 11) is 0. The fourth-order valence-corrected chi connectivity index (χ4v) is 4.31. The molecule has 0 spiro atoms. The summed E-state index contributed by atoms with van der Waals surface area (Å²) < 4.78 is 5.38. The summed E-state index contributed by atoms with van der Waals surface area (Å²) in [5.74, 6) is -0.601. The number of Topliss-reactive ketones (excluding diaryl/α,β-unsaturated/α-hetero) is 2. The molecule has 0 heterocycles. The molecule has 3 rings (SSSR count). The van der Waals surface area contributed by atoms with Crippen molar-refractivity contribution in [2.24, 2.45) is 16.2 Å². The van der Waals surface area contributed by atoms with E-state index in [4.69, 9.17) is 4.74 Å². The highest BCUT2D eigenvalue weighted by molar-refractivity contribution is 6.49. The molecule has 2 aliphatic rings. The molecule has 2 bridgehead atoms. The van der Waals surface area contributed by atoms with Crippen molar-refractivity contribution in [3.8, 4) is 5.75 Å². The van der Waals surface area contributed by atoms with E-state index < -0.39 is 27.8 Å². The van der Waals surface area contributed by atoms with Crippen LogP contribution in [0.5, 0.6) is 5.75 Å². The van der Waals surface area contributed by atoms with Crippen LogP contribution in [0, 0.1) is 16.2 Å². The van der Waals surface area contributed by atoms with Crippen LogP contribution in [0.4, 0.5) is 5.69 Å². The van der Waals surface area contributed by atoms with Crippen LogP contribution in [0.25, 0.3) is 0 Å². The fourth-order valence-electron chi connectivity index (χ4n) is 4.31. The van der Waals surface area contributed by atoms with Gasteiger partial charge in [0.1, 0.15) is 11.2 Å². The van der Waals surface area contributed by atoms with Crippen LogP contribution in [-0.2, 0) is 14.4 Å². The van der Waals surface area contributed by atoms with Crippen LogP contribution in [0.3, 0.4) is 0 Å². The van der Waals surface area contributed by atoms with Crippen molar-refractivity contribution in [3.05, 3.63) is 24.3 Å². The molecule has 1 aromatic rings. The van der Waals surface area contributed by atoms with Gasteiger partial charge in [-0.05, 0) is 49.4 Å². The summed E-state index contributed by atoms with van der Waals surface area (Å²) in [5.41, 5.74) is -2.12. The van der Waals surface area contributed by atoms with E-state index in [1.165, 1.54) is 0 Å². The molecule has 2 saturated carbocycles. The maximum absolute atomic E-state index is 13.0. The largest absolute Gasteiger partial charge is 0.494 e. The second-order valence-corrected chi connectivity index (χ2v) is 7.43. The van der Waals surface area contributed by atoms with Crippen LogP contribution in [0.15, 0.2) is 24.3 Å². The van der Waals surface area contributed by atoms with Crippen LogP contribution < -0.4 is 10.1 Å². The normalized spacial score (nSPS) is 30.5. The van der Waals surface area contributed by atoms with Crippen molar-refractivity contribution in [1.82, 2.24) is 0 Å². The lowest BCUT2D eigenvalue weighted by Gasteiger charge is -2.37. The van der Waals surface area contributed by atoms with Gasteiger partial charge in [-0.15, -0.1) is 0 Å². The van der Waals surface area contributed by atoms with Gasteiger partial charge in [-0.25, -0.2) is 0 Å². The highest BCUT2D eigenvalue weighted by Crippen LogP contribution is 2.69. The predicted octanol–water partition coefficient (Wildman–Crippen LogP) is 2.99. The Morgan fingerprint density at radius 3 is 2.21 bits per heavy atom. The number of ketones is 2. The lowest BCUT2D eigenvalue weighted by Crippen LogP contribution is -2.47. The van der Waals surface area contributed by atoms with E-state index in [0.717, 1.165) is 5.75 Å². The maximum atomic E-state index is 13.0. The number of benzene rings is 1. The minimum absolute atomic E-state index is 0.378. The lowest BCUT2D eigenvalue weighted by molar-refractivity contribution is -0.147. The number of rotatable bonds is 4. The van der Waals surface area contributed by atoms with E-state index in [1.54, 1.807) is 24.3 Å². The quantitative estimate of drug-likeness (QED) is 0.681. The number of anilines is 1. The molecule has 0 saturated heterocycles. The third-order valence-electron chi connectivity index (χ3n) is 6.35. The van der Waals surface area contributed by atoms with Crippen LogP contribution in [-0.4, -0.2) is 24.1 Å². The molecule has 1 aromatic carbocycles. The first kappa shape index (κ1) is 16.7. The van der Waals surface area contributed by atoms with Gasteiger partial charge in [-0.1, -0.05) is 20.8 Å². The number of amides is 1. The monoisotopic (exact) mass is 329 g/mol. The van der Waals surface area contributed by atoms with E-state index in [1.807, 2.05) is 27.7 Å². The Hall–Kier alpha value is -2.17. The van der Waals surface area contributed by atoms with Crippen molar-refractivity contribution in [2.75, 3.05) is 11.9 Å². The topological polar surface area (TPSA) is 72.5 Å². The summed E-state index contributed by atoms with van der Waals surface area (Å²) in [5, 5.41) is 2.83. The number of nitrogens with one attached hydrogen (secondary N) is 1. The van der Waals surface area contributed by atoms with E-state index in [2.05, 4.69) is 5.32 Å². The van der Waals surface area contributed by atoms with E-state index in [9.17, 15) is 14.4 Å². The number of carbonyl (C=O) groups excluding carboxylic acids is 3. The zero-order chi connectivity index (χ0) is 17.8. The van der Waals surface area contributed by atoms with Gasteiger partial charge < -0.3 is 10.1 Å². The summed E-state index contributed by atoms with van der Waals surface area (Å²) in [6, 6.07) is 7.01. The average Bonchev–Trinajstić information content (AvgIpc) is 2.81. The SMILES string of the molecule is CCOc1ccc(NC(=O)C23CCC(C)(C(=O)C2=O)C3(C)C)cc1. The molecule has 128 valence electrons. The second-order valence-electron chi connectivity index (χ2n) is 7.43. The van der Waals surface area contributed by atoms with Crippen molar-refractivity contribution >= 4 is 23.2 Å². The lowest BCUT2D eigenvalue weighted by atomic mass is 9.64. The third kappa shape index (κ3) is 1.84. The van der Waals surface area contributed by atoms with Gasteiger partial charge >= 0.3 is 0 Å². The van der Waals surface area contributed by atoms with Gasteiger partial charge in [0.2, 0.25) is 17.5 Å². The minimum Gasteiger partial charge on any atom is -0.494 e. The average molecular weight is 329 g/mol. The molecule has 2 aliphatic carbocycles. The van der Waals surface area contributed by atoms with Crippen LogP contribution in [0.1, 0.15) is 40.5 Å². The molecule has 0 aromatic heterocycles. The van der Waals surface area contributed by atoms with Crippen molar-refractivity contribution in [1.29, 1.82) is 0 Å². The maximum Gasteiger partial charge on any atom is 0.239 e. The Morgan fingerprint density at radius 1 is 1.08 bits per heavy atom. The summed E-state index contributed by atoms with van der Waals surface area (Å²) >= 11 is 0. The first-order valence-electron chi connectivity index (χ1n) is 8.34. The molecule has 1 N–H and O–H groups in total. The van der Waals surface area contributed by atoms with E-state index in [-0.39, 0.29) is 5.91 Å². The molecule has 2 fully saturated rings. The summed E-state index contributed by atoms with van der Waals surface area (Å²) in [6.07, 6.45) is 0.991. The van der Waals surface area contributed by atoms with Gasteiger partial charge in [0.25, 0.3) is 0 Å². The molecule has 1 amide bonds. The third-order valence-corrected chi connectivity index (χ3v) is 6.35. The van der Waals surface area contributed by atoms with E-state index in [0.29, 0.717) is 25.1 Å². The Kier molecular flexibility index (Phi) is 3.59. The molecular weight excluding hydrogens is 306 g/mol. The second kappa shape index (κ2) is 5.16. The van der Waals surface area contributed by atoms with Crippen LogP contribution in [0.2, 0.25) is 0 Å². The minimum atomic E-state index is -1.27. The van der Waals surface area contributed by atoms with Gasteiger partial charge in [-0.3, -0.25) is 14.4 Å². The Balaban J connectivity index is 1.89. The molecule has 0 radical (unpaired) electrons. The standard InChI is InChI=1S/C19H23NO4/c1-5-24-13-8-6-12(7-9-13)20-16(23)19-11-10-18(4,17(19,2)3)14(21)15(19)22/h6-9H,5,10-11H2,1-4H3,(H,20,23). The zero-order valence-electron chi connectivity index (χ0n) is 14.6. The molecular formula is C19H23NO4. The van der Waals surface area contributed by atoms with Gasteiger partial charge in [-0.2, -0.15) is 0 Å². The van der Waals surface area contributed by atoms with Crippen molar-refractivity contribution in [2.45, 2.75) is 40.5 Å². The van der Waals surface area contributed by atoms with Crippen molar-refractivity contribution < 1.29 is 19.1 Å². The zero-order valence-corrected chi connectivity index (χ0v) is 14.6. The van der Waals surface area contributed by atoms with Crippen LogP contribution >= 0.6 is 0 Å². The predicted molar refractivity (Wildman–Crippen MR) is 89.8 cm³/mol. The smallest absolute Gasteiger partial charge is 0.239 e. The number of hydrogen-bond acceptors (Lipinski definition) is 4. The fraction of sp³-hybridized carbons (Fsp3) is 0.526. The summed E-state index contributed by atoms with van der Waals surface area (Å²) in [6.45, 7) is 8.00. The highest BCUT2D eigenvalue weighted by Gasteiger charge is 2.77. The Labute approximate surface area is 141 Å². The number of fused-ring (bicyclic) bond motifs is 2. The van der Waals surface area contributed by atoms with Gasteiger partial charge in [0, 0.05) is 11.1 Å². The molecule has 2 atom stereocenters. The molecule has 2 unspecified atom stereocenters. The van der Waals surface area contributed by atoms with Crippen molar-refractivity contribution in [3.63, 3.8) is 0 Å².